The maximum absolute atomic E-state index is 13.1. The molecule has 0 radical (unpaired) electrons. The molecule has 25 heavy (non-hydrogen) atoms. The Bertz CT molecular complexity index is 924. The van der Waals surface area contributed by atoms with Crippen LogP contribution in [0.15, 0.2) is 41.0 Å². The summed E-state index contributed by atoms with van der Waals surface area (Å²) in [7, 11) is 0. The second-order valence-corrected chi connectivity index (χ2v) is 6.73. The molecule has 0 saturated heterocycles. The lowest BCUT2D eigenvalue weighted by Crippen LogP contribution is -2.45. The zero-order chi connectivity index (χ0) is 18.5. The van der Waals surface area contributed by atoms with Crippen LogP contribution in [-0.2, 0) is 19.7 Å². The first-order valence-corrected chi connectivity index (χ1v) is 8.08. The summed E-state index contributed by atoms with van der Waals surface area (Å²) >= 11 is 6.13. The first-order valence-electron chi connectivity index (χ1n) is 7.70. The zero-order valence-corrected chi connectivity index (χ0v) is 14.7. The van der Waals surface area contributed by atoms with Crippen LogP contribution in [-0.4, -0.2) is 11.7 Å². The molecule has 0 aromatic heterocycles. The molecule has 1 unspecified atom stereocenters. The highest BCUT2D eigenvalue weighted by molar-refractivity contribution is 6.31. The Balaban J connectivity index is 2.50. The molecule has 1 atom stereocenters. The van der Waals surface area contributed by atoms with E-state index in [4.69, 9.17) is 22.1 Å². The number of amides is 1. The van der Waals surface area contributed by atoms with Crippen LogP contribution >= 0.6 is 11.6 Å². The molecule has 1 spiro atoms. The first-order chi connectivity index (χ1) is 11.7. The topological polar surface area (TPSA) is 105 Å². The van der Waals surface area contributed by atoms with E-state index in [-0.39, 0.29) is 34.5 Å². The molecule has 0 aliphatic carbocycles. The van der Waals surface area contributed by atoms with Gasteiger partial charge < -0.3 is 15.8 Å². The van der Waals surface area contributed by atoms with Gasteiger partial charge in [-0.25, -0.2) is 0 Å². The summed E-state index contributed by atoms with van der Waals surface area (Å²) in [5.41, 5.74) is 5.24. The normalized spacial score (nSPS) is 22.0. The van der Waals surface area contributed by atoms with Gasteiger partial charge in [0.15, 0.2) is 5.78 Å². The first kappa shape index (κ1) is 17.1. The molecule has 3 N–H and O–H groups in total. The largest absolute Gasteiger partial charge is 0.444 e. The number of carbonyl (C=O) groups is 2. The van der Waals surface area contributed by atoms with Gasteiger partial charge in [0.05, 0.1) is 5.57 Å². The second kappa shape index (κ2) is 5.64. The molecule has 3 rings (SSSR count). The summed E-state index contributed by atoms with van der Waals surface area (Å²) in [6, 6.07) is 6.80. The standard InChI is InChI=1S/C18H16ClN3O3/c1-8(2)15-14(9(3)23)18(12(7-20)16(21)25-15)11-6-10(19)4-5-13(11)22-17(18)24/h4-6,8H,21H2,1-3H3,(H,22,24). The molecule has 0 bridgehead atoms. The number of nitriles is 1. The number of ketones is 1. The second-order valence-electron chi connectivity index (χ2n) is 6.30. The van der Waals surface area contributed by atoms with E-state index in [0.29, 0.717) is 16.3 Å². The quantitative estimate of drug-likeness (QED) is 0.846. The Hall–Kier alpha value is -2.78. The molecule has 6 nitrogen and oxygen atoms in total. The minimum absolute atomic E-state index is 0.111. The van der Waals surface area contributed by atoms with E-state index in [1.807, 2.05) is 19.9 Å². The summed E-state index contributed by atoms with van der Waals surface area (Å²) in [5.74, 6) is -1.00. The number of nitrogens with zero attached hydrogens (tertiary/aromatic N) is 1. The summed E-state index contributed by atoms with van der Waals surface area (Å²) in [6.07, 6.45) is 0. The third-order valence-electron chi connectivity index (χ3n) is 4.43. The Kier molecular flexibility index (Phi) is 3.85. The summed E-state index contributed by atoms with van der Waals surface area (Å²) < 4.78 is 5.59. The highest BCUT2D eigenvalue weighted by atomic mass is 35.5. The summed E-state index contributed by atoms with van der Waals surface area (Å²) in [6.45, 7) is 4.99. The van der Waals surface area contributed by atoms with Crippen LogP contribution < -0.4 is 11.1 Å². The molecule has 1 aromatic rings. The van der Waals surface area contributed by atoms with Gasteiger partial charge in [-0.3, -0.25) is 9.59 Å². The van der Waals surface area contributed by atoms with Gasteiger partial charge >= 0.3 is 0 Å². The van der Waals surface area contributed by atoms with Crippen molar-refractivity contribution in [1.82, 2.24) is 0 Å². The third kappa shape index (κ3) is 2.16. The average molecular weight is 358 g/mol. The number of carbonyl (C=O) groups excluding carboxylic acids is 2. The van der Waals surface area contributed by atoms with Crippen molar-refractivity contribution in [2.45, 2.75) is 26.2 Å². The fourth-order valence-electron chi connectivity index (χ4n) is 3.47. The van der Waals surface area contributed by atoms with E-state index in [1.165, 1.54) is 6.92 Å². The van der Waals surface area contributed by atoms with Gasteiger partial charge in [-0.15, -0.1) is 0 Å². The Morgan fingerprint density at radius 1 is 1.44 bits per heavy atom. The van der Waals surface area contributed by atoms with E-state index < -0.39 is 11.3 Å². The molecular weight excluding hydrogens is 342 g/mol. The van der Waals surface area contributed by atoms with E-state index in [1.54, 1.807) is 18.2 Å². The number of nitrogens with two attached hydrogens (primary N) is 1. The smallest absolute Gasteiger partial charge is 0.245 e. The van der Waals surface area contributed by atoms with Crippen LogP contribution in [0.5, 0.6) is 0 Å². The Labute approximate surface area is 149 Å². The van der Waals surface area contributed by atoms with Crippen molar-refractivity contribution in [2.24, 2.45) is 11.7 Å². The zero-order valence-electron chi connectivity index (χ0n) is 13.9. The highest BCUT2D eigenvalue weighted by Crippen LogP contribution is 2.53. The van der Waals surface area contributed by atoms with Gasteiger partial charge in [0.1, 0.15) is 22.8 Å². The minimum atomic E-state index is -1.65. The van der Waals surface area contributed by atoms with Crippen molar-refractivity contribution >= 4 is 29.0 Å². The van der Waals surface area contributed by atoms with Gasteiger partial charge in [-0.05, 0) is 25.1 Å². The molecular formula is C18H16ClN3O3. The average Bonchev–Trinajstić information content (AvgIpc) is 2.80. The maximum atomic E-state index is 13.1. The fourth-order valence-corrected chi connectivity index (χ4v) is 3.64. The number of nitrogens with one attached hydrogen (secondary N) is 1. The van der Waals surface area contributed by atoms with Crippen LogP contribution in [0.25, 0.3) is 0 Å². The van der Waals surface area contributed by atoms with Crippen molar-refractivity contribution in [2.75, 3.05) is 5.32 Å². The van der Waals surface area contributed by atoms with Gasteiger partial charge in [-0.2, -0.15) is 5.26 Å². The fraction of sp³-hybridized carbons (Fsp3) is 0.278. The predicted molar refractivity (Wildman–Crippen MR) is 92.2 cm³/mol. The molecule has 128 valence electrons. The number of anilines is 1. The van der Waals surface area contributed by atoms with Gasteiger partial charge in [0.25, 0.3) is 0 Å². The van der Waals surface area contributed by atoms with E-state index in [9.17, 15) is 14.9 Å². The van der Waals surface area contributed by atoms with E-state index in [2.05, 4.69) is 5.32 Å². The number of fused-ring (bicyclic) bond motifs is 2. The lowest BCUT2D eigenvalue weighted by molar-refractivity contribution is -0.122. The van der Waals surface area contributed by atoms with Crippen molar-refractivity contribution in [1.29, 1.82) is 5.26 Å². The monoisotopic (exact) mass is 357 g/mol. The Morgan fingerprint density at radius 2 is 2.12 bits per heavy atom. The molecule has 1 amide bonds. The number of benzene rings is 1. The third-order valence-corrected chi connectivity index (χ3v) is 4.66. The molecule has 2 aliphatic heterocycles. The number of ether oxygens (including phenoxy) is 1. The van der Waals surface area contributed by atoms with Crippen LogP contribution in [0.1, 0.15) is 26.3 Å². The van der Waals surface area contributed by atoms with Crippen LogP contribution in [0.3, 0.4) is 0 Å². The van der Waals surface area contributed by atoms with Crippen molar-refractivity contribution in [3.8, 4) is 6.07 Å². The highest BCUT2D eigenvalue weighted by Gasteiger charge is 2.59. The lowest BCUT2D eigenvalue weighted by Gasteiger charge is -2.36. The summed E-state index contributed by atoms with van der Waals surface area (Å²) in [5, 5.41) is 12.8. The predicted octanol–water partition coefficient (Wildman–Crippen LogP) is 2.75. The van der Waals surface area contributed by atoms with Crippen molar-refractivity contribution in [3.05, 3.63) is 51.6 Å². The van der Waals surface area contributed by atoms with Gasteiger partial charge in [-0.1, -0.05) is 25.4 Å². The molecule has 1 aromatic carbocycles. The lowest BCUT2D eigenvalue weighted by atomic mass is 9.66. The van der Waals surface area contributed by atoms with Gasteiger partial charge in [0, 0.05) is 22.2 Å². The van der Waals surface area contributed by atoms with Crippen LogP contribution in [0.2, 0.25) is 5.02 Å². The number of hydrogen-bond donors (Lipinski definition) is 2. The van der Waals surface area contributed by atoms with Crippen LogP contribution in [0.4, 0.5) is 5.69 Å². The maximum Gasteiger partial charge on any atom is 0.245 e. The van der Waals surface area contributed by atoms with Gasteiger partial charge in [0.2, 0.25) is 11.8 Å². The van der Waals surface area contributed by atoms with E-state index in [0.717, 1.165) is 0 Å². The SMILES string of the molecule is CC(=O)C1=C(C(C)C)OC(N)=C(C#N)C12C(=O)Nc1ccc(Cl)cc12. The number of rotatable bonds is 2. The molecule has 2 heterocycles. The number of hydrogen-bond acceptors (Lipinski definition) is 5. The molecule has 0 saturated carbocycles. The minimum Gasteiger partial charge on any atom is -0.444 e. The number of allylic oxidation sites excluding steroid dienone is 1. The van der Waals surface area contributed by atoms with Crippen molar-refractivity contribution in [3.63, 3.8) is 0 Å². The summed E-state index contributed by atoms with van der Waals surface area (Å²) in [4.78, 5) is 25.6. The molecule has 2 aliphatic rings. The molecule has 7 heteroatoms. The number of Topliss-reactive ketones (excluding diaryl/α,β-unsaturated/α-hetero) is 1. The Morgan fingerprint density at radius 3 is 2.68 bits per heavy atom. The number of halogens is 1. The van der Waals surface area contributed by atoms with E-state index >= 15 is 0 Å². The van der Waals surface area contributed by atoms with Crippen LogP contribution in [0, 0.1) is 17.2 Å². The van der Waals surface area contributed by atoms with Crippen molar-refractivity contribution < 1.29 is 14.3 Å². The molecule has 0 fully saturated rings.